The minimum atomic E-state index is 0.779. The van der Waals surface area contributed by atoms with E-state index >= 15 is 0 Å². The van der Waals surface area contributed by atoms with Gasteiger partial charge in [-0.3, -0.25) is 4.98 Å². The van der Waals surface area contributed by atoms with E-state index in [4.69, 9.17) is 0 Å². The van der Waals surface area contributed by atoms with Crippen LogP contribution in [-0.4, -0.2) is 14.5 Å². The Balaban J connectivity index is 2.11. The first-order valence-electron chi connectivity index (χ1n) is 4.35. The van der Waals surface area contributed by atoms with Crippen molar-refractivity contribution >= 4 is 15.9 Å². The molecule has 2 aromatic heterocycles. The molecule has 0 amide bonds. The molecule has 0 aliphatic rings. The van der Waals surface area contributed by atoms with Crippen molar-refractivity contribution in [2.24, 2.45) is 0 Å². The van der Waals surface area contributed by atoms with E-state index in [2.05, 4.69) is 25.9 Å². The number of pyridine rings is 1. The van der Waals surface area contributed by atoms with Gasteiger partial charge in [-0.2, -0.15) is 0 Å². The standard InChI is InChI=1S/C10H10BrN3/c11-5-10-7-14(8-13-10)6-9-3-1-2-4-12-9/h1-4,7-8H,5-6H2. The molecule has 0 spiro atoms. The molecule has 2 aromatic rings. The zero-order valence-electron chi connectivity index (χ0n) is 7.60. The molecule has 14 heavy (non-hydrogen) atoms. The van der Waals surface area contributed by atoms with E-state index in [1.165, 1.54) is 0 Å². The van der Waals surface area contributed by atoms with Crippen molar-refractivity contribution in [1.82, 2.24) is 14.5 Å². The third-order valence-electron chi connectivity index (χ3n) is 1.89. The van der Waals surface area contributed by atoms with Crippen LogP contribution < -0.4 is 0 Å². The van der Waals surface area contributed by atoms with Crippen LogP contribution in [0.15, 0.2) is 36.9 Å². The summed E-state index contributed by atoms with van der Waals surface area (Å²) in [4.78, 5) is 8.47. The van der Waals surface area contributed by atoms with Gasteiger partial charge in [-0.15, -0.1) is 0 Å². The predicted octanol–water partition coefficient (Wildman–Crippen LogP) is 2.22. The topological polar surface area (TPSA) is 30.7 Å². The van der Waals surface area contributed by atoms with Gasteiger partial charge in [-0.25, -0.2) is 4.98 Å². The molecule has 72 valence electrons. The van der Waals surface area contributed by atoms with Gasteiger partial charge < -0.3 is 4.57 Å². The van der Waals surface area contributed by atoms with E-state index in [0.29, 0.717) is 0 Å². The van der Waals surface area contributed by atoms with Crippen LogP contribution in [0.3, 0.4) is 0 Å². The van der Waals surface area contributed by atoms with Crippen LogP contribution in [0.2, 0.25) is 0 Å². The van der Waals surface area contributed by atoms with E-state index in [-0.39, 0.29) is 0 Å². The number of hydrogen-bond acceptors (Lipinski definition) is 2. The fraction of sp³-hybridized carbons (Fsp3) is 0.200. The maximum absolute atomic E-state index is 4.25. The zero-order chi connectivity index (χ0) is 9.80. The molecule has 0 saturated heterocycles. The molecule has 0 saturated carbocycles. The number of alkyl halides is 1. The summed E-state index contributed by atoms with van der Waals surface area (Å²) >= 11 is 3.36. The van der Waals surface area contributed by atoms with Crippen LogP contribution in [-0.2, 0) is 11.9 Å². The first kappa shape index (κ1) is 9.40. The van der Waals surface area contributed by atoms with Crippen molar-refractivity contribution in [3.8, 4) is 0 Å². The van der Waals surface area contributed by atoms with Gasteiger partial charge in [0.2, 0.25) is 0 Å². The number of hydrogen-bond donors (Lipinski definition) is 0. The highest BCUT2D eigenvalue weighted by Crippen LogP contribution is 2.04. The summed E-state index contributed by atoms with van der Waals surface area (Å²) in [5.41, 5.74) is 2.09. The molecule has 0 unspecified atom stereocenters. The third-order valence-corrected chi connectivity index (χ3v) is 2.47. The number of imidazole rings is 1. The Morgan fingerprint density at radius 2 is 2.14 bits per heavy atom. The molecule has 4 heteroatoms. The molecule has 0 aliphatic carbocycles. The quantitative estimate of drug-likeness (QED) is 0.784. The van der Waals surface area contributed by atoms with E-state index in [1.54, 1.807) is 6.20 Å². The van der Waals surface area contributed by atoms with Crippen LogP contribution in [0.4, 0.5) is 0 Å². The van der Waals surface area contributed by atoms with Crippen molar-refractivity contribution in [3.05, 3.63) is 48.3 Å². The molecule has 0 atom stereocenters. The van der Waals surface area contributed by atoms with Gasteiger partial charge in [0.25, 0.3) is 0 Å². The number of nitrogens with zero attached hydrogens (tertiary/aromatic N) is 3. The summed E-state index contributed by atoms with van der Waals surface area (Å²) < 4.78 is 2.03. The van der Waals surface area contributed by atoms with E-state index in [1.807, 2.05) is 35.3 Å². The highest BCUT2D eigenvalue weighted by Gasteiger charge is 1.98. The predicted molar refractivity (Wildman–Crippen MR) is 58.2 cm³/mol. The van der Waals surface area contributed by atoms with Gasteiger partial charge in [0, 0.05) is 17.7 Å². The Kier molecular flexibility index (Phi) is 2.93. The van der Waals surface area contributed by atoms with Gasteiger partial charge in [-0.05, 0) is 12.1 Å². The molecule has 0 aliphatic heterocycles. The Hall–Kier alpha value is -1.16. The summed E-state index contributed by atoms with van der Waals surface area (Å²) in [6.45, 7) is 0.779. The fourth-order valence-electron chi connectivity index (χ4n) is 1.24. The van der Waals surface area contributed by atoms with E-state index in [0.717, 1.165) is 23.3 Å². The molecule has 0 aromatic carbocycles. The van der Waals surface area contributed by atoms with Crippen LogP contribution in [0.5, 0.6) is 0 Å². The molecule has 3 nitrogen and oxygen atoms in total. The lowest BCUT2D eigenvalue weighted by Crippen LogP contribution is -1.98. The molecule has 0 bridgehead atoms. The Morgan fingerprint density at radius 3 is 2.79 bits per heavy atom. The number of halogens is 1. The normalized spacial score (nSPS) is 10.4. The molecule has 2 rings (SSSR count). The first-order valence-corrected chi connectivity index (χ1v) is 5.47. The lowest BCUT2D eigenvalue weighted by Gasteiger charge is -1.99. The molecule has 0 radical (unpaired) electrons. The summed E-state index contributed by atoms with van der Waals surface area (Å²) in [5, 5.41) is 0.794. The fourth-order valence-corrected chi connectivity index (χ4v) is 1.53. The van der Waals surface area contributed by atoms with E-state index < -0.39 is 0 Å². The highest BCUT2D eigenvalue weighted by atomic mass is 79.9. The molecular weight excluding hydrogens is 242 g/mol. The second-order valence-corrected chi connectivity index (χ2v) is 3.55. The largest absolute Gasteiger partial charge is 0.331 e. The summed E-state index contributed by atoms with van der Waals surface area (Å²) in [6, 6.07) is 5.92. The Bertz CT molecular complexity index is 397. The maximum atomic E-state index is 4.25. The monoisotopic (exact) mass is 251 g/mol. The summed E-state index contributed by atoms with van der Waals surface area (Å²) in [7, 11) is 0. The lowest BCUT2D eigenvalue weighted by molar-refractivity contribution is 0.772. The van der Waals surface area contributed by atoms with Crippen molar-refractivity contribution in [1.29, 1.82) is 0 Å². The van der Waals surface area contributed by atoms with Crippen LogP contribution in [0, 0.1) is 0 Å². The lowest BCUT2D eigenvalue weighted by atomic mass is 10.3. The summed E-state index contributed by atoms with van der Waals surface area (Å²) in [6.07, 6.45) is 5.65. The number of rotatable bonds is 3. The van der Waals surface area contributed by atoms with Crippen LogP contribution >= 0.6 is 15.9 Å². The SMILES string of the molecule is BrCc1cn(Cc2ccccn2)cn1. The minimum absolute atomic E-state index is 0.779. The summed E-state index contributed by atoms with van der Waals surface area (Å²) in [5.74, 6) is 0. The molecule has 0 fully saturated rings. The van der Waals surface area contributed by atoms with Gasteiger partial charge in [-0.1, -0.05) is 22.0 Å². The van der Waals surface area contributed by atoms with Crippen molar-refractivity contribution < 1.29 is 0 Å². The average molecular weight is 252 g/mol. The first-order chi connectivity index (χ1) is 6.88. The zero-order valence-corrected chi connectivity index (χ0v) is 9.18. The Morgan fingerprint density at radius 1 is 1.21 bits per heavy atom. The molecular formula is C10H10BrN3. The minimum Gasteiger partial charge on any atom is -0.331 e. The number of aromatic nitrogens is 3. The van der Waals surface area contributed by atoms with Gasteiger partial charge in [0.05, 0.1) is 24.3 Å². The third kappa shape index (κ3) is 2.20. The van der Waals surface area contributed by atoms with Crippen LogP contribution in [0.1, 0.15) is 11.4 Å². The van der Waals surface area contributed by atoms with Crippen molar-refractivity contribution in [2.45, 2.75) is 11.9 Å². The maximum Gasteiger partial charge on any atom is 0.0953 e. The molecule has 2 heterocycles. The van der Waals surface area contributed by atoms with Crippen molar-refractivity contribution in [2.75, 3.05) is 0 Å². The van der Waals surface area contributed by atoms with Gasteiger partial charge in [0.1, 0.15) is 0 Å². The van der Waals surface area contributed by atoms with E-state index in [9.17, 15) is 0 Å². The molecule has 0 N–H and O–H groups in total. The van der Waals surface area contributed by atoms with Crippen molar-refractivity contribution in [3.63, 3.8) is 0 Å². The Labute approximate surface area is 90.9 Å². The highest BCUT2D eigenvalue weighted by molar-refractivity contribution is 9.08. The average Bonchev–Trinajstić information content (AvgIpc) is 2.67. The second kappa shape index (κ2) is 4.37. The van der Waals surface area contributed by atoms with Gasteiger partial charge >= 0.3 is 0 Å². The van der Waals surface area contributed by atoms with Crippen LogP contribution in [0.25, 0.3) is 0 Å². The second-order valence-electron chi connectivity index (χ2n) is 2.99. The van der Waals surface area contributed by atoms with Gasteiger partial charge in [0.15, 0.2) is 0 Å². The smallest absolute Gasteiger partial charge is 0.0953 e.